The van der Waals surface area contributed by atoms with E-state index in [4.69, 9.17) is 15.6 Å². The molecular formula is C13H18N2O4. The van der Waals surface area contributed by atoms with Gasteiger partial charge in [-0.3, -0.25) is 9.59 Å². The number of nitrogens with two attached hydrogens (primary N) is 1. The second-order valence-electron chi connectivity index (χ2n) is 4.07. The molecule has 0 radical (unpaired) electrons. The molecule has 0 aliphatic heterocycles. The molecule has 1 atom stereocenters. The summed E-state index contributed by atoms with van der Waals surface area (Å²) in [5.74, 6) is -0.637. The summed E-state index contributed by atoms with van der Waals surface area (Å²) < 4.78 is 5.03. The zero-order chi connectivity index (χ0) is 14.3. The van der Waals surface area contributed by atoms with Gasteiger partial charge in [0, 0.05) is 12.1 Å². The topological polar surface area (TPSA) is 102 Å². The summed E-state index contributed by atoms with van der Waals surface area (Å²) >= 11 is 0. The van der Waals surface area contributed by atoms with Crippen LogP contribution >= 0.6 is 0 Å². The number of nitrogens with one attached hydrogen (secondary N) is 1. The normalized spacial score (nSPS) is 11.7. The Morgan fingerprint density at radius 1 is 1.47 bits per heavy atom. The molecule has 1 aromatic rings. The Bertz CT molecular complexity index is 448. The van der Waals surface area contributed by atoms with Crippen LogP contribution in [-0.4, -0.2) is 36.7 Å². The van der Waals surface area contributed by atoms with Crippen LogP contribution in [0.1, 0.15) is 23.2 Å². The maximum Gasteiger partial charge on any atom is 0.320 e. The lowest BCUT2D eigenvalue weighted by Crippen LogP contribution is -2.32. The minimum Gasteiger partial charge on any atom is -0.497 e. The van der Waals surface area contributed by atoms with Gasteiger partial charge in [0.15, 0.2) is 0 Å². The number of carbonyl (C=O) groups excluding carboxylic acids is 1. The number of hydrogen-bond donors (Lipinski definition) is 3. The highest BCUT2D eigenvalue weighted by Gasteiger charge is 2.11. The second kappa shape index (κ2) is 7.38. The molecular weight excluding hydrogens is 248 g/mol. The molecule has 19 heavy (non-hydrogen) atoms. The number of carboxylic acids is 1. The van der Waals surface area contributed by atoms with E-state index in [0.29, 0.717) is 30.7 Å². The molecule has 0 spiro atoms. The molecule has 6 nitrogen and oxygen atoms in total. The Hall–Kier alpha value is -2.08. The molecule has 0 unspecified atom stereocenters. The van der Waals surface area contributed by atoms with Crippen LogP contribution in [-0.2, 0) is 4.79 Å². The number of carbonyl (C=O) groups is 2. The van der Waals surface area contributed by atoms with Gasteiger partial charge in [0.1, 0.15) is 11.8 Å². The maximum absolute atomic E-state index is 11.8. The van der Waals surface area contributed by atoms with Gasteiger partial charge in [-0.05, 0) is 31.0 Å². The van der Waals surface area contributed by atoms with E-state index in [1.165, 1.54) is 7.11 Å². The summed E-state index contributed by atoms with van der Waals surface area (Å²) in [7, 11) is 1.53. The lowest BCUT2D eigenvalue weighted by atomic mass is 10.1. The van der Waals surface area contributed by atoms with E-state index in [1.807, 2.05) is 0 Å². The van der Waals surface area contributed by atoms with Crippen molar-refractivity contribution in [3.05, 3.63) is 29.8 Å². The van der Waals surface area contributed by atoms with Crippen molar-refractivity contribution in [1.29, 1.82) is 0 Å². The van der Waals surface area contributed by atoms with E-state index < -0.39 is 12.0 Å². The van der Waals surface area contributed by atoms with Crippen molar-refractivity contribution >= 4 is 11.9 Å². The summed E-state index contributed by atoms with van der Waals surface area (Å²) in [6, 6.07) is 5.92. The molecule has 1 aromatic carbocycles. The van der Waals surface area contributed by atoms with Crippen LogP contribution in [0.2, 0.25) is 0 Å². The molecule has 0 heterocycles. The third kappa shape index (κ3) is 4.97. The smallest absolute Gasteiger partial charge is 0.320 e. The Morgan fingerprint density at radius 3 is 2.84 bits per heavy atom. The van der Waals surface area contributed by atoms with Gasteiger partial charge in [-0.2, -0.15) is 0 Å². The molecule has 0 saturated heterocycles. The molecule has 6 heteroatoms. The summed E-state index contributed by atoms with van der Waals surface area (Å²) in [6.45, 7) is 0.386. The molecule has 0 bridgehead atoms. The third-order valence-electron chi connectivity index (χ3n) is 2.63. The van der Waals surface area contributed by atoms with Crippen molar-refractivity contribution in [2.75, 3.05) is 13.7 Å². The molecule has 0 fully saturated rings. The monoisotopic (exact) mass is 266 g/mol. The molecule has 4 N–H and O–H groups in total. The summed E-state index contributed by atoms with van der Waals surface area (Å²) in [6.07, 6.45) is 0.844. The number of rotatable bonds is 7. The number of hydrogen-bond acceptors (Lipinski definition) is 4. The predicted octanol–water partition coefficient (Wildman–Crippen LogP) is 0.617. The first-order valence-electron chi connectivity index (χ1n) is 5.95. The molecule has 0 aliphatic rings. The number of aliphatic carboxylic acids is 1. The standard InChI is InChI=1S/C13H18N2O4/c1-19-10-5-2-4-9(8-10)12(16)15-7-3-6-11(14)13(17)18/h2,4-5,8,11H,3,6-7,14H2,1H3,(H,15,16)(H,17,18)/t11-/m0/s1. The van der Waals surface area contributed by atoms with Crippen LogP contribution in [0.5, 0.6) is 5.75 Å². The average molecular weight is 266 g/mol. The maximum atomic E-state index is 11.8. The van der Waals surface area contributed by atoms with Crippen molar-refractivity contribution in [2.24, 2.45) is 5.73 Å². The van der Waals surface area contributed by atoms with Crippen LogP contribution in [0.15, 0.2) is 24.3 Å². The highest BCUT2D eigenvalue weighted by Crippen LogP contribution is 2.12. The van der Waals surface area contributed by atoms with Gasteiger partial charge in [-0.25, -0.2) is 0 Å². The molecule has 0 saturated carbocycles. The lowest BCUT2D eigenvalue weighted by molar-refractivity contribution is -0.138. The highest BCUT2D eigenvalue weighted by molar-refractivity contribution is 5.94. The zero-order valence-corrected chi connectivity index (χ0v) is 10.8. The Kier molecular flexibility index (Phi) is 5.81. The first kappa shape index (κ1) is 15.0. The minimum absolute atomic E-state index is 0.220. The van der Waals surface area contributed by atoms with Crippen LogP contribution in [0, 0.1) is 0 Å². The van der Waals surface area contributed by atoms with Crippen molar-refractivity contribution in [2.45, 2.75) is 18.9 Å². The average Bonchev–Trinajstić information content (AvgIpc) is 2.42. The fraction of sp³-hybridized carbons (Fsp3) is 0.385. The van der Waals surface area contributed by atoms with Gasteiger partial charge < -0.3 is 20.9 Å². The van der Waals surface area contributed by atoms with Gasteiger partial charge >= 0.3 is 5.97 Å². The minimum atomic E-state index is -1.03. The number of benzene rings is 1. The molecule has 0 aromatic heterocycles. The highest BCUT2D eigenvalue weighted by atomic mass is 16.5. The lowest BCUT2D eigenvalue weighted by Gasteiger charge is -2.08. The van der Waals surface area contributed by atoms with Crippen LogP contribution in [0.3, 0.4) is 0 Å². The fourth-order valence-corrected chi connectivity index (χ4v) is 1.51. The number of methoxy groups -OCH3 is 1. The first-order valence-corrected chi connectivity index (χ1v) is 5.95. The number of ether oxygens (including phenoxy) is 1. The van der Waals surface area contributed by atoms with Gasteiger partial charge in [-0.1, -0.05) is 6.07 Å². The van der Waals surface area contributed by atoms with E-state index >= 15 is 0 Å². The number of amides is 1. The van der Waals surface area contributed by atoms with Crippen LogP contribution < -0.4 is 15.8 Å². The largest absolute Gasteiger partial charge is 0.497 e. The van der Waals surface area contributed by atoms with Crippen molar-refractivity contribution in [3.63, 3.8) is 0 Å². The summed E-state index contributed by atoms with van der Waals surface area (Å²) in [4.78, 5) is 22.3. The third-order valence-corrected chi connectivity index (χ3v) is 2.63. The van der Waals surface area contributed by atoms with Crippen molar-refractivity contribution < 1.29 is 19.4 Å². The van der Waals surface area contributed by atoms with Crippen molar-refractivity contribution in [1.82, 2.24) is 5.32 Å². The van der Waals surface area contributed by atoms with E-state index in [0.717, 1.165) is 0 Å². The SMILES string of the molecule is COc1cccc(C(=O)NCCC[C@H](N)C(=O)O)c1. The van der Waals surface area contributed by atoms with Gasteiger partial charge in [0.2, 0.25) is 0 Å². The van der Waals surface area contributed by atoms with Crippen molar-refractivity contribution in [3.8, 4) is 5.75 Å². The summed E-state index contributed by atoms with van der Waals surface area (Å²) in [5, 5.41) is 11.3. The van der Waals surface area contributed by atoms with Gasteiger partial charge in [0.25, 0.3) is 5.91 Å². The zero-order valence-electron chi connectivity index (χ0n) is 10.8. The predicted molar refractivity (Wildman–Crippen MR) is 70.2 cm³/mol. The second-order valence-corrected chi connectivity index (χ2v) is 4.07. The molecule has 1 amide bonds. The van der Waals surface area contributed by atoms with E-state index in [1.54, 1.807) is 24.3 Å². The van der Waals surface area contributed by atoms with E-state index in [9.17, 15) is 9.59 Å². The molecule has 0 aliphatic carbocycles. The van der Waals surface area contributed by atoms with Crippen LogP contribution in [0.4, 0.5) is 0 Å². The van der Waals surface area contributed by atoms with Gasteiger partial charge in [0.05, 0.1) is 7.11 Å². The first-order chi connectivity index (χ1) is 9.04. The number of carboxylic acid groups (broad SMARTS) is 1. The molecule has 1 rings (SSSR count). The van der Waals surface area contributed by atoms with E-state index in [2.05, 4.69) is 5.32 Å². The quantitative estimate of drug-likeness (QED) is 0.628. The summed E-state index contributed by atoms with van der Waals surface area (Å²) in [5.41, 5.74) is 5.86. The van der Waals surface area contributed by atoms with Crippen LogP contribution in [0.25, 0.3) is 0 Å². The van der Waals surface area contributed by atoms with Gasteiger partial charge in [-0.15, -0.1) is 0 Å². The Balaban J connectivity index is 2.37. The van der Waals surface area contributed by atoms with E-state index in [-0.39, 0.29) is 5.91 Å². The fourth-order valence-electron chi connectivity index (χ4n) is 1.51. The Morgan fingerprint density at radius 2 is 2.21 bits per heavy atom. The molecule has 104 valence electrons. The Labute approximate surface area is 111 Å².